The summed E-state index contributed by atoms with van der Waals surface area (Å²) >= 11 is 0. The number of hydrogen-bond acceptors (Lipinski definition) is 6. The highest BCUT2D eigenvalue weighted by Crippen LogP contribution is 1.98. The Balaban J connectivity index is 2.02. The smallest absolute Gasteiger partial charge is 0.322 e. The summed E-state index contributed by atoms with van der Waals surface area (Å²) in [7, 11) is 0. The maximum Gasteiger partial charge on any atom is 0.322 e. The van der Waals surface area contributed by atoms with Gasteiger partial charge in [-0.1, -0.05) is 0 Å². The molecule has 18 heavy (non-hydrogen) atoms. The number of aliphatic hydroxyl groups is 1. The molecule has 0 aromatic heterocycles. The number of carbonyl (C=O) groups excluding carboxylic acids is 3. The largest absolute Gasteiger partial charge is 0.493 e. The molecule has 0 aliphatic carbocycles. The fourth-order valence-electron chi connectivity index (χ4n) is 1.26. The molecule has 0 atom stereocenters. The van der Waals surface area contributed by atoms with E-state index in [1.165, 1.54) is 0 Å². The zero-order chi connectivity index (χ0) is 13.1. The summed E-state index contributed by atoms with van der Waals surface area (Å²) < 4.78 is 0. The van der Waals surface area contributed by atoms with Gasteiger partial charge in [-0.05, 0) is 0 Å². The molecule has 0 bridgehead atoms. The lowest BCUT2D eigenvalue weighted by Gasteiger charge is -2.19. The zero-order valence-corrected chi connectivity index (χ0v) is 9.03. The topological polar surface area (TPSA) is 144 Å². The summed E-state index contributed by atoms with van der Waals surface area (Å²) in [5.74, 6) is -0.998. The number of carbonyl (C=O) groups is 3. The minimum Gasteiger partial charge on any atom is -0.493 e. The Morgan fingerprint density at radius 1 is 1.06 bits per heavy atom. The number of urea groups is 2. The molecule has 2 aliphatic heterocycles. The third-order valence-corrected chi connectivity index (χ3v) is 2.17. The highest BCUT2D eigenvalue weighted by Gasteiger charge is 2.22. The van der Waals surface area contributed by atoms with Gasteiger partial charge in [0.15, 0.2) is 0 Å². The highest BCUT2D eigenvalue weighted by atomic mass is 16.3. The molecular formula is C8H10N6O4. The van der Waals surface area contributed by atoms with Gasteiger partial charge in [0.25, 0.3) is 5.91 Å². The Kier molecular flexibility index (Phi) is 3.00. The van der Waals surface area contributed by atoms with E-state index in [1.54, 1.807) is 0 Å². The Labute approximate surface area is 100 Å². The number of hydrogen-bond donors (Lipinski definition) is 6. The average molecular weight is 254 g/mol. The van der Waals surface area contributed by atoms with Gasteiger partial charge in [0.05, 0.1) is 13.1 Å². The molecule has 0 aromatic carbocycles. The molecule has 0 spiro atoms. The van der Waals surface area contributed by atoms with Crippen LogP contribution >= 0.6 is 0 Å². The molecule has 6 N–H and O–H groups in total. The number of imide groups is 1. The number of nitrogens with one attached hydrogen (secondary N) is 5. The molecule has 1 saturated heterocycles. The number of rotatable bonds is 2. The zero-order valence-electron chi connectivity index (χ0n) is 9.03. The second kappa shape index (κ2) is 4.61. The molecular weight excluding hydrogens is 244 g/mol. The first-order chi connectivity index (χ1) is 8.56. The van der Waals surface area contributed by atoms with Gasteiger partial charge in [0.1, 0.15) is 11.4 Å². The first-order valence-corrected chi connectivity index (χ1v) is 4.95. The predicted octanol–water partition coefficient (Wildman–Crippen LogP) is -2.19. The van der Waals surface area contributed by atoms with Crippen molar-refractivity contribution in [2.75, 3.05) is 13.1 Å². The van der Waals surface area contributed by atoms with Crippen LogP contribution in [-0.4, -0.2) is 41.9 Å². The van der Waals surface area contributed by atoms with E-state index in [0.717, 1.165) is 0 Å². The van der Waals surface area contributed by atoms with E-state index >= 15 is 0 Å². The first kappa shape index (κ1) is 11.7. The van der Waals surface area contributed by atoms with Crippen molar-refractivity contribution in [2.45, 2.75) is 0 Å². The van der Waals surface area contributed by atoms with Crippen molar-refractivity contribution in [3.8, 4) is 0 Å². The van der Waals surface area contributed by atoms with Crippen LogP contribution in [0.15, 0.2) is 16.7 Å². The molecule has 0 radical (unpaired) electrons. The van der Waals surface area contributed by atoms with Gasteiger partial charge in [-0.15, -0.1) is 0 Å². The van der Waals surface area contributed by atoms with Gasteiger partial charge in [-0.3, -0.25) is 20.9 Å². The van der Waals surface area contributed by atoms with Crippen LogP contribution in [0.5, 0.6) is 0 Å². The van der Waals surface area contributed by atoms with Crippen LogP contribution in [0, 0.1) is 0 Å². The van der Waals surface area contributed by atoms with Crippen LogP contribution < -0.4 is 26.7 Å². The normalized spacial score (nSPS) is 22.0. The van der Waals surface area contributed by atoms with Crippen LogP contribution in [0.25, 0.3) is 0 Å². The van der Waals surface area contributed by atoms with E-state index in [2.05, 4.69) is 26.5 Å². The number of aliphatic hydroxyl groups excluding tert-OH is 1. The van der Waals surface area contributed by atoms with E-state index < -0.39 is 18.0 Å². The lowest BCUT2D eigenvalue weighted by Crippen LogP contribution is -2.53. The summed E-state index contributed by atoms with van der Waals surface area (Å²) in [5.41, 5.74) is 2.68. The van der Waals surface area contributed by atoms with Crippen molar-refractivity contribution in [2.24, 2.45) is 5.10 Å². The van der Waals surface area contributed by atoms with Gasteiger partial charge in [0, 0.05) is 0 Å². The summed E-state index contributed by atoms with van der Waals surface area (Å²) in [4.78, 5) is 32.9. The highest BCUT2D eigenvalue weighted by molar-refractivity contribution is 6.43. The Morgan fingerprint density at radius 2 is 1.72 bits per heavy atom. The molecule has 96 valence electrons. The van der Waals surface area contributed by atoms with E-state index in [4.69, 9.17) is 0 Å². The van der Waals surface area contributed by atoms with E-state index in [9.17, 15) is 19.5 Å². The minimum absolute atomic E-state index is 0.0223. The molecule has 1 fully saturated rings. The number of amides is 5. The van der Waals surface area contributed by atoms with E-state index in [0.29, 0.717) is 0 Å². The molecule has 10 nitrogen and oxygen atoms in total. The van der Waals surface area contributed by atoms with Gasteiger partial charge < -0.3 is 15.7 Å². The molecule has 10 heteroatoms. The van der Waals surface area contributed by atoms with Crippen LogP contribution in [0.1, 0.15) is 0 Å². The Hall–Kier alpha value is -2.78. The quantitative estimate of drug-likeness (QED) is 0.310. The SMILES string of the molecule is O=C1NCC(=NNC2=C(O)NC(=O)NC2)C(=O)N1. The van der Waals surface area contributed by atoms with Crippen molar-refractivity contribution in [1.29, 1.82) is 0 Å². The fourth-order valence-corrected chi connectivity index (χ4v) is 1.26. The third-order valence-electron chi connectivity index (χ3n) is 2.17. The molecule has 2 heterocycles. The van der Waals surface area contributed by atoms with Crippen LogP contribution in [0.3, 0.4) is 0 Å². The van der Waals surface area contributed by atoms with Crippen molar-refractivity contribution in [3.63, 3.8) is 0 Å². The summed E-state index contributed by atoms with van der Waals surface area (Å²) in [6.07, 6.45) is 0. The van der Waals surface area contributed by atoms with Crippen molar-refractivity contribution < 1.29 is 19.5 Å². The summed E-state index contributed by atoms with van der Waals surface area (Å²) in [5, 5.41) is 22.0. The minimum atomic E-state index is -0.626. The van der Waals surface area contributed by atoms with Crippen molar-refractivity contribution >= 4 is 23.7 Å². The van der Waals surface area contributed by atoms with Crippen LogP contribution in [0.4, 0.5) is 9.59 Å². The number of nitrogens with zero attached hydrogens (tertiary/aromatic N) is 1. The fraction of sp³-hybridized carbons (Fsp3) is 0.250. The molecule has 0 saturated carbocycles. The summed E-state index contributed by atoms with van der Waals surface area (Å²) in [6.45, 7) is 0.0217. The van der Waals surface area contributed by atoms with E-state index in [1.807, 2.05) is 5.32 Å². The van der Waals surface area contributed by atoms with E-state index in [-0.39, 0.29) is 30.4 Å². The molecule has 0 aromatic rings. The predicted molar refractivity (Wildman–Crippen MR) is 58.3 cm³/mol. The third kappa shape index (κ3) is 2.48. The van der Waals surface area contributed by atoms with Gasteiger partial charge >= 0.3 is 12.1 Å². The Bertz CT molecular complexity index is 482. The van der Waals surface area contributed by atoms with Gasteiger partial charge in [-0.25, -0.2) is 9.59 Å². The molecule has 0 unspecified atom stereocenters. The van der Waals surface area contributed by atoms with Crippen LogP contribution in [0.2, 0.25) is 0 Å². The maximum atomic E-state index is 11.3. The van der Waals surface area contributed by atoms with Crippen molar-refractivity contribution in [3.05, 3.63) is 11.6 Å². The lowest BCUT2D eigenvalue weighted by molar-refractivity contribution is -0.114. The monoisotopic (exact) mass is 254 g/mol. The lowest BCUT2D eigenvalue weighted by atomic mass is 10.3. The Morgan fingerprint density at radius 3 is 2.39 bits per heavy atom. The second-order valence-corrected chi connectivity index (χ2v) is 3.44. The second-order valence-electron chi connectivity index (χ2n) is 3.44. The van der Waals surface area contributed by atoms with Gasteiger partial charge in [-0.2, -0.15) is 5.10 Å². The standard InChI is InChI=1S/C8H10N6O4/c15-5-3(1-9-7(17)11-5)13-14-4-2-10-8(18)12-6(4)16/h13,15H,1-2H2,(H2,9,11,17)(H2,10,12,16,18). The maximum absolute atomic E-state index is 11.3. The average Bonchev–Trinajstić information content (AvgIpc) is 2.30. The van der Waals surface area contributed by atoms with Crippen molar-refractivity contribution in [1.82, 2.24) is 26.7 Å². The van der Waals surface area contributed by atoms with Gasteiger partial charge in [0.2, 0.25) is 5.88 Å². The molecule has 2 aliphatic rings. The van der Waals surface area contributed by atoms with Crippen LogP contribution in [-0.2, 0) is 4.79 Å². The molecule has 2 rings (SSSR count). The summed E-state index contributed by atoms with van der Waals surface area (Å²) in [6, 6.07) is -1.12. The molecule has 5 amide bonds. The first-order valence-electron chi connectivity index (χ1n) is 4.95. The number of hydrazone groups is 1.